The smallest absolute Gasteiger partial charge is 0.331 e. The van der Waals surface area contributed by atoms with Crippen LogP contribution in [0.2, 0.25) is 5.02 Å². The molecule has 1 aliphatic rings. The molecule has 30 heavy (non-hydrogen) atoms. The maximum atomic E-state index is 12.7. The Labute approximate surface area is 179 Å². The van der Waals surface area contributed by atoms with Crippen LogP contribution >= 0.6 is 11.6 Å². The second-order valence-electron chi connectivity index (χ2n) is 6.63. The van der Waals surface area contributed by atoms with Crippen LogP contribution in [0.3, 0.4) is 0 Å². The minimum atomic E-state index is -3.65. The van der Waals surface area contributed by atoms with Gasteiger partial charge in [-0.3, -0.25) is 4.79 Å². The summed E-state index contributed by atoms with van der Waals surface area (Å²) in [5.74, 6) is 0.180. The summed E-state index contributed by atoms with van der Waals surface area (Å²) in [6.45, 7) is 2.11. The van der Waals surface area contributed by atoms with E-state index in [1.54, 1.807) is 19.1 Å². The lowest BCUT2D eigenvalue weighted by atomic mass is 10.3. The second kappa shape index (κ2) is 9.46. The van der Waals surface area contributed by atoms with Crippen molar-refractivity contribution in [2.75, 3.05) is 32.8 Å². The first-order chi connectivity index (χ1) is 14.3. The summed E-state index contributed by atoms with van der Waals surface area (Å²) in [6, 6.07) is 9.41. The van der Waals surface area contributed by atoms with Crippen molar-refractivity contribution in [1.82, 2.24) is 9.21 Å². The molecule has 10 heteroatoms. The van der Waals surface area contributed by atoms with Crippen molar-refractivity contribution in [3.8, 4) is 0 Å². The molecule has 0 aliphatic carbocycles. The SMILES string of the molecule is Cc1ccc(/C=C/C(=O)OCC(=O)N2CCN(S(=O)(=O)c3ccc(Cl)cc3)CC2)o1. The zero-order valence-corrected chi connectivity index (χ0v) is 17.9. The summed E-state index contributed by atoms with van der Waals surface area (Å²) in [5.41, 5.74) is 0. The van der Waals surface area contributed by atoms with Crippen molar-refractivity contribution in [3.63, 3.8) is 0 Å². The molecule has 0 N–H and O–H groups in total. The third kappa shape index (κ3) is 5.50. The standard InChI is InChI=1S/C20H21ClN2O6S/c1-15-2-5-17(29-15)6-9-20(25)28-14-19(24)22-10-12-23(13-11-22)30(26,27)18-7-3-16(21)4-8-18/h2-9H,10-14H2,1H3/b9-6+. The number of hydrogen-bond donors (Lipinski definition) is 0. The molecule has 0 atom stereocenters. The number of carbonyl (C=O) groups excluding carboxylic acids is 2. The number of aryl methyl sites for hydroxylation is 1. The molecule has 1 aliphatic heterocycles. The number of amides is 1. The third-order valence-corrected chi connectivity index (χ3v) is 6.69. The molecule has 3 rings (SSSR count). The molecular weight excluding hydrogens is 432 g/mol. The third-order valence-electron chi connectivity index (χ3n) is 4.53. The highest BCUT2D eigenvalue weighted by molar-refractivity contribution is 7.89. The number of ether oxygens (including phenoxy) is 1. The van der Waals surface area contributed by atoms with E-state index in [0.29, 0.717) is 10.8 Å². The van der Waals surface area contributed by atoms with Gasteiger partial charge in [0, 0.05) is 37.3 Å². The molecule has 2 aromatic rings. The van der Waals surface area contributed by atoms with Gasteiger partial charge >= 0.3 is 5.97 Å². The zero-order chi connectivity index (χ0) is 21.7. The van der Waals surface area contributed by atoms with Crippen molar-refractivity contribution in [1.29, 1.82) is 0 Å². The summed E-state index contributed by atoms with van der Waals surface area (Å²) < 4.78 is 36.9. The molecule has 0 bridgehead atoms. The minimum Gasteiger partial charge on any atom is -0.462 e. The number of sulfonamides is 1. The Morgan fingerprint density at radius 2 is 1.77 bits per heavy atom. The fourth-order valence-electron chi connectivity index (χ4n) is 2.90. The molecule has 0 spiro atoms. The quantitative estimate of drug-likeness (QED) is 0.493. The Bertz CT molecular complexity index is 1040. The van der Waals surface area contributed by atoms with Gasteiger partial charge < -0.3 is 14.1 Å². The van der Waals surface area contributed by atoms with Crippen molar-refractivity contribution in [2.45, 2.75) is 11.8 Å². The van der Waals surface area contributed by atoms with E-state index in [1.807, 2.05) is 0 Å². The van der Waals surface area contributed by atoms with Gasteiger partial charge in [0.2, 0.25) is 10.0 Å². The first-order valence-corrected chi connectivity index (χ1v) is 11.0. The number of piperazine rings is 1. The summed E-state index contributed by atoms with van der Waals surface area (Å²) in [5, 5.41) is 0.452. The van der Waals surface area contributed by atoms with E-state index in [0.717, 1.165) is 5.76 Å². The number of benzene rings is 1. The normalized spacial score (nSPS) is 15.5. The maximum Gasteiger partial charge on any atom is 0.331 e. The molecule has 8 nitrogen and oxygen atoms in total. The molecule has 160 valence electrons. The van der Waals surface area contributed by atoms with Crippen LogP contribution in [0.4, 0.5) is 0 Å². The monoisotopic (exact) mass is 452 g/mol. The van der Waals surface area contributed by atoms with Gasteiger partial charge in [-0.2, -0.15) is 4.31 Å². The number of esters is 1. The topological polar surface area (TPSA) is 97.1 Å². The average molecular weight is 453 g/mol. The van der Waals surface area contributed by atoms with Crippen LogP contribution in [0.15, 0.2) is 51.8 Å². The first kappa shape index (κ1) is 22.1. The van der Waals surface area contributed by atoms with Gasteiger partial charge in [0.15, 0.2) is 6.61 Å². The van der Waals surface area contributed by atoms with E-state index in [1.165, 1.54) is 45.6 Å². The van der Waals surface area contributed by atoms with Crippen LogP contribution in [0.25, 0.3) is 6.08 Å². The number of rotatable bonds is 6. The van der Waals surface area contributed by atoms with Crippen LogP contribution in [0.1, 0.15) is 11.5 Å². The zero-order valence-electron chi connectivity index (χ0n) is 16.3. The number of carbonyl (C=O) groups is 2. The number of hydrogen-bond acceptors (Lipinski definition) is 6. The van der Waals surface area contributed by atoms with Gasteiger partial charge in [-0.05, 0) is 49.4 Å². The first-order valence-electron chi connectivity index (χ1n) is 9.20. The summed E-state index contributed by atoms with van der Waals surface area (Å²) in [6.07, 6.45) is 2.64. The van der Waals surface area contributed by atoms with Gasteiger partial charge in [0.1, 0.15) is 11.5 Å². The molecule has 1 fully saturated rings. The van der Waals surface area contributed by atoms with Crippen LogP contribution in [-0.4, -0.2) is 62.3 Å². The molecule has 0 radical (unpaired) electrons. The van der Waals surface area contributed by atoms with E-state index < -0.39 is 22.6 Å². The predicted octanol–water partition coefficient (Wildman–Crippen LogP) is 2.33. The molecule has 0 saturated carbocycles. The lowest BCUT2D eigenvalue weighted by Gasteiger charge is -2.33. The van der Waals surface area contributed by atoms with Gasteiger partial charge in [-0.25, -0.2) is 13.2 Å². The van der Waals surface area contributed by atoms with Crippen LogP contribution < -0.4 is 0 Å². The summed E-state index contributed by atoms with van der Waals surface area (Å²) in [7, 11) is -3.65. The van der Waals surface area contributed by atoms with E-state index in [2.05, 4.69) is 0 Å². The fourth-order valence-corrected chi connectivity index (χ4v) is 4.45. The largest absolute Gasteiger partial charge is 0.462 e. The van der Waals surface area contributed by atoms with Gasteiger partial charge in [-0.15, -0.1) is 0 Å². The maximum absolute atomic E-state index is 12.7. The van der Waals surface area contributed by atoms with Gasteiger partial charge in [-0.1, -0.05) is 11.6 Å². The van der Waals surface area contributed by atoms with Gasteiger partial charge in [0.05, 0.1) is 4.90 Å². The highest BCUT2D eigenvalue weighted by Crippen LogP contribution is 2.20. The Morgan fingerprint density at radius 3 is 2.37 bits per heavy atom. The Morgan fingerprint density at radius 1 is 1.10 bits per heavy atom. The summed E-state index contributed by atoms with van der Waals surface area (Å²) in [4.78, 5) is 25.6. The van der Waals surface area contributed by atoms with Crippen molar-refractivity contribution < 1.29 is 27.2 Å². The van der Waals surface area contributed by atoms with Gasteiger partial charge in [0.25, 0.3) is 5.91 Å². The predicted molar refractivity (Wildman–Crippen MR) is 110 cm³/mol. The Hall–Kier alpha value is -2.62. The fraction of sp³-hybridized carbons (Fsp3) is 0.300. The number of halogens is 1. The van der Waals surface area contributed by atoms with E-state index in [9.17, 15) is 18.0 Å². The molecule has 1 aromatic carbocycles. The molecule has 1 amide bonds. The number of furan rings is 1. The average Bonchev–Trinajstić information content (AvgIpc) is 3.16. The van der Waals surface area contributed by atoms with E-state index in [4.69, 9.17) is 20.8 Å². The highest BCUT2D eigenvalue weighted by atomic mass is 35.5. The Kier molecular flexibility index (Phi) is 6.96. The van der Waals surface area contributed by atoms with Crippen molar-refractivity contribution in [3.05, 3.63) is 59.0 Å². The van der Waals surface area contributed by atoms with Crippen molar-refractivity contribution >= 4 is 39.6 Å². The molecule has 1 saturated heterocycles. The molecule has 0 unspecified atom stereocenters. The molecule has 1 aromatic heterocycles. The minimum absolute atomic E-state index is 0.152. The summed E-state index contributed by atoms with van der Waals surface area (Å²) >= 11 is 5.81. The molecular formula is C20H21ClN2O6S. The highest BCUT2D eigenvalue weighted by Gasteiger charge is 2.30. The van der Waals surface area contributed by atoms with Crippen LogP contribution in [0.5, 0.6) is 0 Å². The lowest BCUT2D eigenvalue weighted by molar-refractivity contribution is -0.148. The van der Waals surface area contributed by atoms with Crippen LogP contribution in [-0.2, 0) is 24.3 Å². The van der Waals surface area contributed by atoms with Crippen molar-refractivity contribution in [2.24, 2.45) is 0 Å². The molecule has 2 heterocycles. The lowest BCUT2D eigenvalue weighted by Crippen LogP contribution is -2.51. The van der Waals surface area contributed by atoms with E-state index >= 15 is 0 Å². The van der Waals surface area contributed by atoms with E-state index in [-0.39, 0.29) is 37.0 Å². The van der Waals surface area contributed by atoms with Crippen LogP contribution in [0, 0.1) is 6.92 Å². The number of nitrogens with zero attached hydrogens (tertiary/aromatic N) is 2. The Balaban J connectivity index is 1.47. The second-order valence-corrected chi connectivity index (χ2v) is 9.00.